The largest absolute Gasteiger partial charge is 0.399 e. The molecule has 0 atom stereocenters. The first-order valence-corrected chi connectivity index (χ1v) is 7.51. The van der Waals surface area contributed by atoms with E-state index in [1.807, 2.05) is 24.3 Å². The predicted molar refractivity (Wildman–Crippen MR) is 82.8 cm³/mol. The first kappa shape index (κ1) is 16.0. The number of hydrogen-bond donors (Lipinski definition) is 2. The minimum Gasteiger partial charge on any atom is -0.399 e. The van der Waals surface area contributed by atoms with Gasteiger partial charge in [-0.3, -0.25) is 19.3 Å². The molecular weight excluding hydrogens is 282 g/mol. The Labute approximate surface area is 129 Å². The summed E-state index contributed by atoms with van der Waals surface area (Å²) >= 11 is 0. The van der Waals surface area contributed by atoms with Crippen molar-refractivity contribution in [3.8, 4) is 0 Å². The van der Waals surface area contributed by atoms with Crippen LogP contribution < -0.4 is 11.1 Å². The number of imide groups is 1. The van der Waals surface area contributed by atoms with Crippen molar-refractivity contribution in [1.29, 1.82) is 0 Å². The van der Waals surface area contributed by atoms with Crippen LogP contribution >= 0.6 is 0 Å². The molecule has 2 rings (SSSR count). The molecule has 1 aliphatic heterocycles. The Kier molecular flexibility index (Phi) is 5.52. The van der Waals surface area contributed by atoms with E-state index in [0.29, 0.717) is 50.9 Å². The highest BCUT2D eigenvalue weighted by molar-refractivity contribution is 6.01. The molecule has 1 aromatic carbocycles. The van der Waals surface area contributed by atoms with Gasteiger partial charge in [0, 0.05) is 38.0 Å². The van der Waals surface area contributed by atoms with Crippen molar-refractivity contribution >= 4 is 23.4 Å². The maximum absolute atomic E-state index is 11.8. The molecule has 0 radical (unpaired) electrons. The van der Waals surface area contributed by atoms with E-state index in [1.165, 1.54) is 4.90 Å². The number of likely N-dealkylation sites (tertiary alicyclic amines) is 1. The Bertz CT molecular complexity index is 556. The Balaban J connectivity index is 1.63. The average Bonchev–Trinajstić information content (AvgIpc) is 2.82. The number of nitrogens with one attached hydrogen (secondary N) is 1. The summed E-state index contributed by atoms with van der Waals surface area (Å²) in [5.74, 6) is -0.283. The van der Waals surface area contributed by atoms with Gasteiger partial charge in [0.15, 0.2) is 0 Å². The van der Waals surface area contributed by atoms with Gasteiger partial charge >= 0.3 is 0 Å². The lowest BCUT2D eigenvalue weighted by molar-refractivity contribution is -0.138. The first-order valence-electron chi connectivity index (χ1n) is 7.51. The molecule has 1 saturated heterocycles. The van der Waals surface area contributed by atoms with E-state index < -0.39 is 0 Å². The molecule has 1 fully saturated rings. The molecule has 3 N–H and O–H groups in total. The van der Waals surface area contributed by atoms with Crippen LogP contribution in [0.25, 0.3) is 0 Å². The SMILES string of the molecule is Nc1ccccc1CCC(=O)NCCCN1C(=O)CCC1=O. The van der Waals surface area contributed by atoms with Crippen LogP contribution in [0.4, 0.5) is 5.69 Å². The number of hydrogen-bond acceptors (Lipinski definition) is 4. The lowest BCUT2D eigenvalue weighted by atomic mass is 10.1. The number of aryl methyl sites for hydroxylation is 1. The monoisotopic (exact) mass is 303 g/mol. The molecule has 0 spiro atoms. The lowest BCUT2D eigenvalue weighted by Crippen LogP contribution is -2.33. The number of carbonyl (C=O) groups excluding carboxylic acids is 3. The summed E-state index contributed by atoms with van der Waals surface area (Å²) in [7, 11) is 0. The Hall–Kier alpha value is -2.37. The van der Waals surface area contributed by atoms with E-state index in [1.54, 1.807) is 0 Å². The fourth-order valence-corrected chi connectivity index (χ4v) is 2.44. The van der Waals surface area contributed by atoms with Crippen LogP contribution in [0.3, 0.4) is 0 Å². The van der Waals surface area contributed by atoms with Crippen molar-refractivity contribution in [3.63, 3.8) is 0 Å². The molecule has 0 unspecified atom stereocenters. The number of anilines is 1. The summed E-state index contributed by atoms with van der Waals surface area (Å²) in [4.78, 5) is 35.8. The first-order chi connectivity index (χ1) is 10.6. The van der Waals surface area contributed by atoms with Crippen molar-refractivity contribution < 1.29 is 14.4 Å². The topological polar surface area (TPSA) is 92.5 Å². The summed E-state index contributed by atoms with van der Waals surface area (Å²) in [6.07, 6.45) is 2.17. The van der Waals surface area contributed by atoms with E-state index in [0.717, 1.165) is 5.56 Å². The van der Waals surface area contributed by atoms with Crippen LogP contribution in [0.5, 0.6) is 0 Å². The molecule has 1 heterocycles. The molecule has 1 aliphatic rings. The third kappa shape index (κ3) is 4.31. The molecule has 0 aromatic heterocycles. The maximum atomic E-state index is 11.8. The number of carbonyl (C=O) groups is 3. The van der Waals surface area contributed by atoms with E-state index in [9.17, 15) is 14.4 Å². The molecule has 6 nitrogen and oxygen atoms in total. The van der Waals surface area contributed by atoms with Gasteiger partial charge in [-0.1, -0.05) is 18.2 Å². The van der Waals surface area contributed by atoms with Crippen molar-refractivity contribution in [3.05, 3.63) is 29.8 Å². The van der Waals surface area contributed by atoms with Crippen molar-refractivity contribution in [2.75, 3.05) is 18.8 Å². The summed E-state index contributed by atoms with van der Waals surface area (Å²) in [6, 6.07) is 7.48. The Morgan fingerprint density at radius 2 is 1.86 bits per heavy atom. The standard InChI is InChI=1S/C16H21N3O3/c17-13-5-2-1-4-12(13)6-7-14(20)18-10-3-11-19-15(21)8-9-16(19)22/h1-2,4-5H,3,6-11,17H2,(H,18,20). The highest BCUT2D eigenvalue weighted by atomic mass is 16.2. The second-order valence-corrected chi connectivity index (χ2v) is 5.34. The zero-order valence-electron chi connectivity index (χ0n) is 12.5. The highest BCUT2D eigenvalue weighted by Crippen LogP contribution is 2.13. The van der Waals surface area contributed by atoms with Gasteiger partial charge in [-0.15, -0.1) is 0 Å². The number of nitrogens with zero attached hydrogens (tertiary/aromatic N) is 1. The Morgan fingerprint density at radius 3 is 2.55 bits per heavy atom. The normalized spacial score (nSPS) is 14.5. The van der Waals surface area contributed by atoms with Crippen LogP contribution in [-0.4, -0.2) is 35.7 Å². The predicted octanol–water partition coefficient (Wildman–Crippen LogP) is 0.857. The number of rotatable bonds is 7. The third-order valence-corrected chi connectivity index (χ3v) is 3.71. The Morgan fingerprint density at radius 1 is 1.18 bits per heavy atom. The van der Waals surface area contributed by atoms with E-state index in [2.05, 4.69) is 5.32 Å². The summed E-state index contributed by atoms with van der Waals surface area (Å²) in [5, 5.41) is 2.80. The smallest absolute Gasteiger partial charge is 0.229 e. The van der Waals surface area contributed by atoms with Crippen molar-refractivity contribution in [1.82, 2.24) is 10.2 Å². The maximum Gasteiger partial charge on any atom is 0.229 e. The number of nitrogen functional groups attached to an aromatic ring is 1. The zero-order valence-corrected chi connectivity index (χ0v) is 12.5. The third-order valence-electron chi connectivity index (χ3n) is 3.71. The van der Waals surface area contributed by atoms with Gasteiger partial charge in [0.1, 0.15) is 0 Å². The van der Waals surface area contributed by atoms with E-state index >= 15 is 0 Å². The number of amides is 3. The number of nitrogens with two attached hydrogens (primary N) is 1. The second kappa shape index (κ2) is 7.59. The molecule has 3 amide bonds. The van der Waals surface area contributed by atoms with E-state index in [4.69, 9.17) is 5.73 Å². The van der Waals surface area contributed by atoms with Gasteiger partial charge in [0.2, 0.25) is 17.7 Å². The molecule has 6 heteroatoms. The summed E-state index contributed by atoms with van der Waals surface area (Å²) in [5.41, 5.74) is 7.48. The van der Waals surface area contributed by atoms with Crippen molar-refractivity contribution in [2.45, 2.75) is 32.1 Å². The van der Waals surface area contributed by atoms with Gasteiger partial charge in [-0.05, 0) is 24.5 Å². The summed E-state index contributed by atoms with van der Waals surface area (Å²) in [6.45, 7) is 0.837. The molecule has 22 heavy (non-hydrogen) atoms. The molecular formula is C16H21N3O3. The van der Waals surface area contributed by atoms with Crippen LogP contribution in [0.2, 0.25) is 0 Å². The number of benzene rings is 1. The summed E-state index contributed by atoms with van der Waals surface area (Å²) < 4.78 is 0. The molecule has 0 aliphatic carbocycles. The van der Waals surface area contributed by atoms with Gasteiger partial charge < -0.3 is 11.1 Å². The minimum atomic E-state index is -0.115. The van der Waals surface area contributed by atoms with Crippen LogP contribution in [0.15, 0.2) is 24.3 Å². The van der Waals surface area contributed by atoms with Gasteiger partial charge in [-0.2, -0.15) is 0 Å². The molecule has 0 bridgehead atoms. The van der Waals surface area contributed by atoms with Gasteiger partial charge in [-0.25, -0.2) is 0 Å². The van der Waals surface area contributed by atoms with Gasteiger partial charge in [0.25, 0.3) is 0 Å². The van der Waals surface area contributed by atoms with Crippen LogP contribution in [0, 0.1) is 0 Å². The highest BCUT2D eigenvalue weighted by Gasteiger charge is 2.27. The van der Waals surface area contributed by atoms with Crippen LogP contribution in [-0.2, 0) is 20.8 Å². The van der Waals surface area contributed by atoms with Crippen LogP contribution in [0.1, 0.15) is 31.2 Å². The van der Waals surface area contributed by atoms with E-state index in [-0.39, 0.29) is 17.7 Å². The molecule has 118 valence electrons. The van der Waals surface area contributed by atoms with Gasteiger partial charge in [0.05, 0.1) is 0 Å². The minimum absolute atomic E-state index is 0.0534. The number of para-hydroxylation sites is 1. The zero-order chi connectivity index (χ0) is 15.9. The fourth-order valence-electron chi connectivity index (χ4n) is 2.44. The average molecular weight is 303 g/mol. The fraction of sp³-hybridized carbons (Fsp3) is 0.438. The lowest BCUT2D eigenvalue weighted by Gasteiger charge is -2.13. The molecule has 1 aromatic rings. The quantitative estimate of drug-likeness (QED) is 0.444. The van der Waals surface area contributed by atoms with Crippen molar-refractivity contribution in [2.24, 2.45) is 0 Å². The second-order valence-electron chi connectivity index (χ2n) is 5.34. The molecule has 0 saturated carbocycles.